The summed E-state index contributed by atoms with van der Waals surface area (Å²) in [5.74, 6) is 1.06. The molecule has 0 bridgehead atoms. The van der Waals surface area contributed by atoms with E-state index in [4.69, 9.17) is 16.7 Å². The van der Waals surface area contributed by atoms with Crippen LogP contribution in [-0.2, 0) is 6.42 Å². The van der Waals surface area contributed by atoms with Gasteiger partial charge in [-0.2, -0.15) is 5.10 Å². The van der Waals surface area contributed by atoms with Gasteiger partial charge in [0.2, 0.25) is 0 Å². The number of halogens is 1. The molecule has 2 aromatic heterocycles. The van der Waals surface area contributed by atoms with Gasteiger partial charge >= 0.3 is 0 Å². The average Bonchev–Trinajstić information content (AvgIpc) is 3.11. The molecule has 3 heterocycles. The van der Waals surface area contributed by atoms with Crippen molar-refractivity contribution in [2.24, 2.45) is 0 Å². The number of fused-ring (bicyclic) bond motifs is 1. The van der Waals surface area contributed by atoms with Crippen molar-refractivity contribution in [3.8, 4) is 17.1 Å². The van der Waals surface area contributed by atoms with Gasteiger partial charge in [0, 0.05) is 23.3 Å². The Morgan fingerprint density at radius 1 is 1.23 bits per heavy atom. The molecule has 5 heteroatoms. The van der Waals surface area contributed by atoms with Crippen LogP contribution < -0.4 is 5.32 Å². The molecule has 4 nitrogen and oxygen atoms in total. The Morgan fingerprint density at radius 3 is 2.91 bits per heavy atom. The van der Waals surface area contributed by atoms with E-state index in [1.807, 2.05) is 48.0 Å². The zero-order valence-electron chi connectivity index (χ0n) is 12.2. The summed E-state index contributed by atoms with van der Waals surface area (Å²) >= 11 is 6.07. The lowest BCUT2D eigenvalue weighted by molar-refractivity contribution is 0.873. The third kappa shape index (κ3) is 2.07. The molecule has 22 heavy (non-hydrogen) atoms. The number of pyridine rings is 1. The number of aryl methyl sites for hydroxylation is 1. The third-order valence-electron chi connectivity index (χ3n) is 3.95. The van der Waals surface area contributed by atoms with Crippen LogP contribution >= 0.6 is 11.6 Å². The van der Waals surface area contributed by atoms with Gasteiger partial charge in [0.05, 0.1) is 11.4 Å². The highest BCUT2D eigenvalue weighted by atomic mass is 35.5. The largest absolute Gasteiger partial charge is 0.369 e. The molecule has 4 rings (SSSR count). The highest BCUT2D eigenvalue weighted by Crippen LogP contribution is 2.34. The normalized spacial score (nSPS) is 13.0. The molecule has 0 saturated carbocycles. The SMILES string of the molecule is Cc1cc(Cl)ccc1-n1nc(-c2ccccn2)c2c1NCC2. The summed E-state index contributed by atoms with van der Waals surface area (Å²) in [6, 6.07) is 11.8. The zero-order chi connectivity index (χ0) is 15.1. The number of aromatic nitrogens is 3. The predicted octanol–water partition coefficient (Wildman–Crippen LogP) is 3.86. The summed E-state index contributed by atoms with van der Waals surface area (Å²) in [6.45, 7) is 2.98. The van der Waals surface area contributed by atoms with E-state index in [2.05, 4.69) is 10.3 Å². The maximum Gasteiger partial charge on any atom is 0.133 e. The van der Waals surface area contributed by atoms with Crippen LogP contribution in [0.15, 0.2) is 42.6 Å². The van der Waals surface area contributed by atoms with Gasteiger partial charge in [-0.25, -0.2) is 4.68 Å². The lowest BCUT2D eigenvalue weighted by Gasteiger charge is -2.09. The van der Waals surface area contributed by atoms with Crippen molar-refractivity contribution in [3.63, 3.8) is 0 Å². The van der Waals surface area contributed by atoms with Crippen LogP contribution in [0.25, 0.3) is 17.1 Å². The summed E-state index contributed by atoms with van der Waals surface area (Å²) in [5, 5.41) is 8.99. The lowest BCUT2D eigenvalue weighted by atomic mass is 10.1. The Morgan fingerprint density at radius 2 is 2.14 bits per heavy atom. The topological polar surface area (TPSA) is 42.7 Å². The van der Waals surface area contributed by atoms with E-state index in [0.29, 0.717) is 0 Å². The minimum Gasteiger partial charge on any atom is -0.369 e. The number of nitrogens with one attached hydrogen (secondary N) is 1. The van der Waals surface area contributed by atoms with Crippen LogP contribution in [0, 0.1) is 6.92 Å². The molecule has 0 radical (unpaired) electrons. The summed E-state index contributed by atoms with van der Waals surface area (Å²) in [7, 11) is 0. The van der Waals surface area contributed by atoms with E-state index >= 15 is 0 Å². The Balaban J connectivity index is 1.92. The number of benzene rings is 1. The predicted molar refractivity (Wildman–Crippen MR) is 88.7 cm³/mol. The number of hydrogen-bond donors (Lipinski definition) is 1. The first kappa shape index (κ1) is 13.3. The second-order valence-electron chi connectivity index (χ2n) is 5.41. The van der Waals surface area contributed by atoms with E-state index in [1.165, 1.54) is 5.56 Å². The van der Waals surface area contributed by atoms with E-state index < -0.39 is 0 Å². The van der Waals surface area contributed by atoms with Gasteiger partial charge in [-0.1, -0.05) is 17.7 Å². The van der Waals surface area contributed by atoms with Crippen LogP contribution in [-0.4, -0.2) is 21.3 Å². The molecule has 0 unspecified atom stereocenters. The molecule has 110 valence electrons. The van der Waals surface area contributed by atoms with Crippen LogP contribution in [0.4, 0.5) is 5.82 Å². The van der Waals surface area contributed by atoms with Gasteiger partial charge in [-0.05, 0) is 49.2 Å². The quantitative estimate of drug-likeness (QED) is 0.781. The van der Waals surface area contributed by atoms with Crippen LogP contribution in [0.2, 0.25) is 5.02 Å². The second-order valence-corrected chi connectivity index (χ2v) is 5.85. The fraction of sp³-hybridized carbons (Fsp3) is 0.176. The minimum atomic E-state index is 0.739. The first-order valence-corrected chi connectivity index (χ1v) is 7.65. The maximum atomic E-state index is 6.07. The fourth-order valence-electron chi connectivity index (χ4n) is 2.91. The number of anilines is 1. The Labute approximate surface area is 133 Å². The number of nitrogens with zero attached hydrogens (tertiary/aromatic N) is 3. The van der Waals surface area contributed by atoms with E-state index in [9.17, 15) is 0 Å². The average molecular weight is 311 g/mol. The summed E-state index contributed by atoms with van der Waals surface area (Å²) < 4.78 is 1.97. The van der Waals surface area contributed by atoms with Crippen LogP contribution in [0.3, 0.4) is 0 Å². The van der Waals surface area contributed by atoms with E-state index in [1.54, 1.807) is 6.20 Å². The van der Waals surface area contributed by atoms with Gasteiger partial charge in [0.25, 0.3) is 0 Å². The Kier molecular flexibility index (Phi) is 3.12. The molecule has 1 aromatic carbocycles. The van der Waals surface area contributed by atoms with E-state index in [-0.39, 0.29) is 0 Å². The third-order valence-corrected chi connectivity index (χ3v) is 4.18. The molecule has 0 amide bonds. The zero-order valence-corrected chi connectivity index (χ0v) is 12.9. The molecule has 3 aromatic rings. The molecule has 0 aliphatic carbocycles. The summed E-state index contributed by atoms with van der Waals surface area (Å²) in [4.78, 5) is 4.45. The summed E-state index contributed by atoms with van der Waals surface area (Å²) in [5.41, 5.74) is 5.23. The van der Waals surface area contributed by atoms with Crippen molar-refractivity contribution in [1.82, 2.24) is 14.8 Å². The molecular formula is C17H15ClN4. The first-order chi connectivity index (χ1) is 10.7. The van der Waals surface area contributed by atoms with E-state index in [0.717, 1.165) is 46.4 Å². The standard InChI is InChI=1S/C17H15ClN4/c1-11-10-12(18)5-6-15(11)22-17-13(7-9-20-17)16(21-22)14-4-2-3-8-19-14/h2-6,8,10,20H,7,9H2,1H3. The van der Waals surface area contributed by atoms with Crippen molar-refractivity contribution in [2.75, 3.05) is 11.9 Å². The van der Waals surface area contributed by atoms with Crippen molar-refractivity contribution < 1.29 is 0 Å². The molecule has 1 N–H and O–H groups in total. The highest BCUT2D eigenvalue weighted by Gasteiger charge is 2.24. The molecule has 0 atom stereocenters. The second kappa shape index (κ2) is 5.14. The van der Waals surface area contributed by atoms with Gasteiger partial charge < -0.3 is 5.32 Å². The lowest BCUT2D eigenvalue weighted by Crippen LogP contribution is -2.05. The number of rotatable bonds is 2. The Hall–Kier alpha value is -2.33. The van der Waals surface area contributed by atoms with Gasteiger partial charge in [-0.15, -0.1) is 0 Å². The first-order valence-electron chi connectivity index (χ1n) is 7.28. The molecule has 0 fully saturated rings. The van der Waals surface area contributed by atoms with Crippen molar-refractivity contribution in [2.45, 2.75) is 13.3 Å². The van der Waals surface area contributed by atoms with Gasteiger partial charge in [0.1, 0.15) is 11.5 Å². The molecule has 1 aliphatic rings. The van der Waals surface area contributed by atoms with Crippen LogP contribution in [0.1, 0.15) is 11.1 Å². The minimum absolute atomic E-state index is 0.739. The van der Waals surface area contributed by atoms with Crippen LogP contribution in [0.5, 0.6) is 0 Å². The summed E-state index contributed by atoms with van der Waals surface area (Å²) in [6.07, 6.45) is 2.77. The number of hydrogen-bond acceptors (Lipinski definition) is 3. The molecular weight excluding hydrogens is 296 g/mol. The molecule has 0 spiro atoms. The van der Waals surface area contributed by atoms with Crippen molar-refractivity contribution in [3.05, 3.63) is 58.7 Å². The van der Waals surface area contributed by atoms with Gasteiger partial charge in [0.15, 0.2) is 0 Å². The molecule has 0 saturated heterocycles. The van der Waals surface area contributed by atoms with Gasteiger partial charge in [-0.3, -0.25) is 4.98 Å². The smallest absolute Gasteiger partial charge is 0.133 e. The molecule has 1 aliphatic heterocycles. The monoisotopic (exact) mass is 310 g/mol. The highest BCUT2D eigenvalue weighted by molar-refractivity contribution is 6.30. The fourth-order valence-corrected chi connectivity index (χ4v) is 3.14. The van der Waals surface area contributed by atoms with Crippen molar-refractivity contribution in [1.29, 1.82) is 0 Å². The maximum absolute atomic E-state index is 6.07. The van der Waals surface area contributed by atoms with Crippen molar-refractivity contribution >= 4 is 17.4 Å². The Bertz CT molecular complexity index is 839.